The Kier molecular flexibility index (Phi) is 3.31. The Bertz CT molecular complexity index is 370. The predicted molar refractivity (Wildman–Crippen MR) is 68.1 cm³/mol. The number of guanidine groups is 1. The van der Waals surface area contributed by atoms with E-state index in [1.54, 1.807) is 11.3 Å². The van der Waals surface area contributed by atoms with Gasteiger partial charge in [0.25, 0.3) is 0 Å². The molecule has 0 spiro atoms. The molecule has 15 heavy (non-hydrogen) atoms. The number of nitrogens with zero attached hydrogens (tertiary/aromatic N) is 2. The lowest BCUT2D eigenvalue weighted by Gasteiger charge is -2.17. The zero-order chi connectivity index (χ0) is 10.8. The van der Waals surface area contributed by atoms with Gasteiger partial charge in [0.15, 0.2) is 5.96 Å². The van der Waals surface area contributed by atoms with Crippen molar-refractivity contribution in [3.05, 3.63) is 20.8 Å². The molecular formula is C10H14BrN3S. The van der Waals surface area contributed by atoms with Gasteiger partial charge in [-0.25, -0.2) is 4.99 Å². The van der Waals surface area contributed by atoms with Crippen LogP contribution in [0.15, 0.2) is 20.2 Å². The second-order valence-corrected chi connectivity index (χ2v) is 6.12. The minimum absolute atomic E-state index is 0.488. The van der Waals surface area contributed by atoms with Crippen LogP contribution < -0.4 is 5.73 Å². The summed E-state index contributed by atoms with van der Waals surface area (Å²) >= 11 is 5.14. The van der Waals surface area contributed by atoms with Crippen LogP contribution in [0.1, 0.15) is 18.4 Å². The van der Waals surface area contributed by atoms with Crippen LogP contribution in [0.3, 0.4) is 0 Å². The molecule has 0 aliphatic heterocycles. The summed E-state index contributed by atoms with van der Waals surface area (Å²) in [6.07, 6.45) is 2.39. The topological polar surface area (TPSA) is 41.6 Å². The van der Waals surface area contributed by atoms with E-state index in [-0.39, 0.29) is 0 Å². The summed E-state index contributed by atoms with van der Waals surface area (Å²) in [5.74, 6) is 0.653. The number of nitrogens with two attached hydrogens (primary N) is 1. The molecule has 0 amide bonds. The minimum Gasteiger partial charge on any atom is -0.370 e. The molecule has 0 unspecified atom stereocenters. The lowest BCUT2D eigenvalue weighted by atomic mass is 10.3. The standard InChI is InChI=1S/C10H14BrN3S/c1-14(10(12)13-8-2-3-8)5-7-4-9(11)15-6-7/h4,6,8H,2-3,5H2,1H3,(H2,12,13). The van der Waals surface area contributed by atoms with E-state index >= 15 is 0 Å². The minimum atomic E-state index is 0.488. The first-order chi connectivity index (χ1) is 7.15. The van der Waals surface area contributed by atoms with Gasteiger partial charge in [-0.2, -0.15) is 0 Å². The van der Waals surface area contributed by atoms with Crippen molar-refractivity contribution in [2.24, 2.45) is 10.7 Å². The summed E-state index contributed by atoms with van der Waals surface area (Å²) in [7, 11) is 1.98. The average molecular weight is 288 g/mol. The molecule has 0 radical (unpaired) electrons. The maximum absolute atomic E-state index is 5.88. The number of aliphatic imine (C=N–C) groups is 1. The number of thiophene rings is 1. The van der Waals surface area contributed by atoms with E-state index in [0.717, 1.165) is 10.3 Å². The van der Waals surface area contributed by atoms with Gasteiger partial charge >= 0.3 is 0 Å². The molecule has 5 heteroatoms. The average Bonchev–Trinajstić information content (AvgIpc) is 2.90. The van der Waals surface area contributed by atoms with Crippen molar-refractivity contribution in [2.45, 2.75) is 25.4 Å². The van der Waals surface area contributed by atoms with Gasteiger partial charge in [0, 0.05) is 13.6 Å². The molecule has 1 fully saturated rings. The largest absolute Gasteiger partial charge is 0.370 e. The van der Waals surface area contributed by atoms with Crippen molar-refractivity contribution in [1.82, 2.24) is 4.90 Å². The molecule has 0 aromatic carbocycles. The molecule has 2 rings (SSSR count). The lowest BCUT2D eigenvalue weighted by molar-refractivity contribution is 0.492. The van der Waals surface area contributed by atoms with E-state index in [4.69, 9.17) is 5.73 Å². The van der Waals surface area contributed by atoms with E-state index in [9.17, 15) is 0 Å². The number of hydrogen-bond acceptors (Lipinski definition) is 2. The zero-order valence-electron chi connectivity index (χ0n) is 8.61. The van der Waals surface area contributed by atoms with E-state index in [1.165, 1.54) is 18.4 Å². The number of halogens is 1. The third-order valence-electron chi connectivity index (χ3n) is 2.29. The van der Waals surface area contributed by atoms with Gasteiger partial charge in [-0.05, 0) is 45.8 Å². The molecule has 1 aliphatic rings. The maximum atomic E-state index is 5.88. The number of rotatable bonds is 3. The van der Waals surface area contributed by atoms with Crippen molar-refractivity contribution >= 4 is 33.2 Å². The fourth-order valence-corrected chi connectivity index (χ4v) is 2.47. The molecule has 1 aliphatic carbocycles. The third-order valence-corrected chi connectivity index (χ3v) is 3.85. The van der Waals surface area contributed by atoms with Gasteiger partial charge in [0.05, 0.1) is 9.83 Å². The maximum Gasteiger partial charge on any atom is 0.191 e. The SMILES string of the molecule is CN(Cc1csc(Br)c1)C(N)=NC1CC1. The van der Waals surface area contributed by atoms with Crippen molar-refractivity contribution in [3.8, 4) is 0 Å². The van der Waals surface area contributed by atoms with Crippen LogP contribution in [-0.4, -0.2) is 23.9 Å². The zero-order valence-corrected chi connectivity index (χ0v) is 11.0. The molecule has 0 bridgehead atoms. The molecule has 82 valence electrons. The Labute approximate surface area is 102 Å². The summed E-state index contributed by atoms with van der Waals surface area (Å²) in [5, 5.41) is 2.13. The Morgan fingerprint density at radius 1 is 1.73 bits per heavy atom. The first-order valence-electron chi connectivity index (χ1n) is 4.92. The molecule has 3 nitrogen and oxygen atoms in total. The normalized spacial score (nSPS) is 16.8. The Balaban J connectivity index is 1.93. The summed E-state index contributed by atoms with van der Waals surface area (Å²) < 4.78 is 1.16. The van der Waals surface area contributed by atoms with E-state index in [0.29, 0.717) is 12.0 Å². The summed E-state index contributed by atoms with van der Waals surface area (Å²) in [6.45, 7) is 0.824. The van der Waals surface area contributed by atoms with Gasteiger partial charge in [0.1, 0.15) is 0 Å². The summed E-state index contributed by atoms with van der Waals surface area (Å²) in [4.78, 5) is 6.40. The number of hydrogen-bond donors (Lipinski definition) is 1. The molecule has 1 saturated carbocycles. The molecule has 1 heterocycles. The van der Waals surface area contributed by atoms with Gasteiger partial charge in [-0.1, -0.05) is 0 Å². The van der Waals surface area contributed by atoms with Crippen LogP contribution in [0.2, 0.25) is 0 Å². The second kappa shape index (κ2) is 4.53. The van der Waals surface area contributed by atoms with Crippen molar-refractivity contribution in [3.63, 3.8) is 0 Å². The quantitative estimate of drug-likeness (QED) is 0.685. The van der Waals surface area contributed by atoms with E-state index in [2.05, 4.69) is 32.4 Å². The summed E-state index contributed by atoms with van der Waals surface area (Å²) in [6, 6.07) is 2.60. The Morgan fingerprint density at radius 3 is 3.00 bits per heavy atom. The van der Waals surface area contributed by atoms with E-state index in [1.807, 2.05) is 11.9 Å². The van der Waals surface area contributed by atoms with Crippen LogP contribution in [0.25, 0.3) is 0 Å². The van der Waals surface area contributed by atoms with Crippen molar-refractivity contribution < 1.29 is 0 Å². The fourth-order valence-electron chi connectivity index (χ4n) is 1.27. The van der Waals surface area contributed by atoms with Gasteiger partial charge in [0.2, 0.25) is 0 Å². The second-order valence-electron chi connectivity index (χ2n) is 3.83. The monoisotopic (exact) mass is 287 g/mol. The van der Waals surface area contributed by atoms with Crippen molar-refractivity contribution in [1.29, 1.82) is 0 Å². The predicted octanol–water partition coefficient (Wildman–Crippen LogP) is 2.42. The molecular weight excluding hydrogens is 274 g/mol. The molecule has 1 aromatic heterocycles. The Hall–Kier alpha value is -0.550. The smallest absolute Gasteiger partial charge is 0.191 e. The van der Waals surface area contributed by atoms with Gasteiger partial charge in [-0.15, -0.1) is 11.3 Å². The van der Waals surface area contributed by atoms with Crippen molar-refractivity contribution in [2.75, 3.05) is 7.05 Å². The summed E-state index contributed by atoms with van der Waals surface area (Å²) in [5.41, 5.74) is 7.15. The van der Waals surface area contributed by atoms with Gasteiger partial charge in [-0.3, -0.25) is 0 Å². The van der Waals surface area contributed by atoms with Gasteiger partial charge < -0.3 is 10.6 Å². The highest BCUT2D eigenvalue weighted by atomic mass is 79.9. The highest BCUT2D eigenvalue weighted by Crippen LogP contribution is 2.24. The molecule has 0 saturated heterocycles. The fraction of sp³-hybridized carbons (Fsp3) is 0.500. The van der Waals surface area contributed by atoms with Crippen LogP contribution in [-0.2, 0) is 6.54 Å². The highest BCUT2D eigenvalue weighted by molar-refractivity contribution is 9.11. The van der Waals surface area contributed by atoms with Crippen LogP contribution >= 0.6 is 27.3 Å². The Morgan fingerprint density at radius 2 is 2.47 bits per heavy atom. The molecule has 2 N–H and O–H groups in total. The first-order valence-corrected chi connectivity index (χ1v) is 6.60. The molecule has 1 aromatic rings. The van der Waals surface area contributed by atoms with E-state index < -0.39 is 0 Å². The van der Waals surface area contributed by atoms with Crippen LogP contribution in [0.4, 0.5) is 0 Å². The molecule has 0 atom stereocenters. The van der Waals surface area contributed by atoms with Crippen LogP contribution in [0, 0.1) is 0 Å². The first kappa shape index (κ1) is 11.0. The third kappa shape index (κ3) is 3.21. The lowest BCUT2D eigenvalue weighted by Crippen LogP contribution is -2.33. The highest BCUT2D eigenvalue weighted by Gasteiger charge is 2.21. The van der Waals surface area contributed by atoms with Crippen LogP contribution in [0.5, 0.6) is 0 Å².